The first-order valence-electron chi connectivity index (χ1n) is 11.0. The third-order valence-electron chi connectivity index (χ3n) is 5.94. The lowest BCUT2D eigenvalue weighted by atomic mass is 10.0. The minimum Gasteiger partial charge on any atom is -0.371 e. The number of para-hydroxylation sites is 1. The van der Waals surface area contributed by atoms with E-state index in [0.29, 0.717) is 18.0 Å². The minimum absolute atomic E-state index is 0.0132. The zero-order valence-corrected chi connectivity index (χ0v) is 18.3. The molecular weight excluding hydrogens is 374 g/mol. The van der Waals surface area contributed by atoms with Crippen molar-refractivity contribution in [1.82, 2.24) is 10.6 Å². The fourth-order valence-electron chi connectivity index (χ4n) is 3.69. The highest BCUT2D eigenvalue weighted by atomic mass is 16.2. The molecule has 1 unspecified atom stereocenters. The lowest BCUT2D eigenvalue weighted by Gasteiger charge is -2.35. The summed E-state index contributed by atoms with van der Waals surface area (Å²) >= 11 is 0. The summed E-state index contributed by atoms with van der Waals surface area (Å²) in [6, 6.07) is 15.6. The van der Waals surface area contributed by atoms with Crippen LogP contribution in [-0.4, -0.2) is 37.5 Å². The van der Waals surface area contributed by atoms with Crippen molar-refractivity contribution in [3.8, 4) is 0 Å². The number of nitrogens with one attached hydrogen (secondary N) is 2. The smallest absolute Gasteiger partial charge is 0.253 e. The van der Waals surface area contributed by atoms with E-state index in [0.717, 1.165) is 49.2 Å². The molecule has 30 heavy (non-hydrogen) atoms. The van der Waals surface area contributed by atoms with Gasteiger partial charge in [0, 0.05) is 36.9 Å². The minimum atomic E-state index is -0.0155. The Kier molecular flexibility index (Phi) is 7.50. The first-order chi connectivity index (χ1) is 14.5. The Labute approximate surface area is 179 Å². The van der Waals surface area contributed by atoms with Gasteiger partial charge in [-0.3, -0.25) is 9.59 Å². The normalized spacial score (nSPS) is 15.5. The lowest BCUT2D eigenvalue weighted by Crippen LogP contribution is -2.45. The average Bonchev–Trinajstić information content (AvgIpc) is 2.78. The summed E-state index contributed by atoms with van der Waals surface area (Å²) in [7, 11) is 0. The molecule has 1 atom stereocenters. The summed E-state index contributed by atoms with van der Waals surface area (Å²) in [5, 5.41) is 6.22. The van der Waals surface area contributed by atoms with E-state index in [1.54, 1.807) is 0 Å². The highest BCUT2D eigenvalue weighted by Gasteiger charge is 2.24. The number of amides is 2. The van der Waals surface area contributed by atoms with Crippen molar-refractivity contribution in [2.75, 3.05) is 24.5 Å². The first kappa shape index (κ1) is 21.9. The Bertz CT molecular complexity index is 855. The van der Waals surface area contributed by atoms with Gasteiger partial charge >= 0.3 is 0 Å². The van der Waals surface area contributed by atoms with Gasteiger partial charge in [-0.15, -0.1) is 0 Å². The van der Waals surface area contributed by atoms with Crippen molar-refractivity contribution in [2.45, 2.75) is 46.1 Å². The third kappa shape index (κ3) is 5.62. The summed E-state index contributed by atoms with van der Waals surface area (Å²) in [5.41, 5.74) is 3.54. The van der Waals surface area contributed by atoms with Crippen molar-refractivity contribution in [1.29, 1.82) is 0 Å². The maximum absolute atomic E-state index is 12.7. The molecule has 1 aliphatic heterocycles. The van der Waals surface area contributed by atoms with Gasteiger partial charge in [-0.2, -0.15) is 0 Å². The van der Waals surface area contributed by atoms with E-state index in [-0.39, 0.29) is 17.9 Å². The first-order valence-corrected chi connectivity index (χ1v) is 11.0. The highest BCUT2D eigenvalue weighted by Crippen LogP contribution is 2.24. The van der Waals surface area contributed by atoms with Gasteiger partial charge in [0.05, 0.1) is 5.56 Å². The fourth-order valence-corrected chi connectivity index (χ4v) is 3.69. The molecule has 0 saturated carbocycles. The maximum Gasteiger partial charge on any atom is 0.253 e. The number of carbonyl (C=O) groups is 2. The number of benzene rings is 2. The van der Waals surface area contributed by atoms with Crippen LogP contribution in [0.15, 0.2) is 48.5 Å². The van der Waals surface area contributed by atoms with Gasteiger partial charge in [-0.05, 0) is 49.9 Å². The molecule has 2 aromatic rings. The van der Waals surface area contributed by atoms with Crippen LogP contribution < -0.4 is 15.5 Å². The molecule has 1 fully saturated rings. The van der Waals surface area contributed by atoms with Crippen LogP contribution >= 0.6 is 0 Å². The van der Waals surface area contributed by atoms with Crippen molar-refractivity contribution in [3.05, 3.63) is 65.2 Å². The number of aryl methyl sites for hydroxylation is 1. The second kappa shape index (κ2) is 10.3. The molecule has 0 bridgehead atoms. The molecule has 2 aromatic carbocycles. The predicted octanol–water partition coefficient (Wildman–Crippen LogP) is 4.17. The van der Waals surface area contributed by atoms with E-state index < -0.39 is 0 Å². The predicted molar refractivity (Wildman–Crippen MR) is 122 cm³/mol. The van der Waals surface area contributed by atoms with Crippen LogP contribution in [-0.2, 0) is 0 Å². The molecule has 5 nitrogen and oxygen atoms in total. The van der Waals surface area contributed by atoms with Crippen LogP contribution in [0.5, 0.6) is 0 Å². The molecule has 1 heterocycles. The molecule has 5 heteroatoms. The van der Waals surface area contributed by atoms with Crippen LogP contribution in [0.1, 0.15) is 59.4 Å². The Morgan fingerprint density at radius 1 is 1.03 bits per heavy atom. The number of anilines is 1. The van der Waals surface area contributed by atoms with Crippen LogP contribution in [0.3, 0.4) is 0 Å². The number of nitrogens with zero attached hydrogens (tertiary/aromatic N) is 1. The molecule has 1 aliphatic rings. The summed E-state index contributed by atoms with van der Waals surface area (Å²) < 4.78 is 0. The standard InChI is InChI=1S/C25H33N3O2/c1-4-18(2)17-26-25(30)22-7-5-6-8-23(22)28-15-13-21(14-16-28)27-24(29)20-11-9-19(3)10-12-20/h5-12,18,21H,4,13-17H2,1-3H3,(H,26,30)(H,27,29). The second-order valence-corrected chi connectivity index (χ2v) is 8.34. The molecule has 0 aliphatic carbocycles. The van der Waals surface area contributed by atoms with Gasteiger partial charge in [0.25, 0.3) is 11.8 Å². The van der Waals surface area contributed by atoms with E-state index in [2.05, 4.69) is 29.4 Å². The number of carbonyl (C=O) groups excluding carboxylic acids is 2. The maximum atomic E-state index is 12.7. The Morgan fingerprint density at radius 3 is 2.37 bits per heavy atom. The lowest BCUT2D eigenvalue weighted by molar-refractivity contribution is 0.0929. The number of hydrogen-bond donors (Lipinski definition) is 2. The van der Waals surface area contributed by atoms with E-state index in [1.165, 1.54) is 0 Å². The molecule has 0 spiro atoms. The van der Waals surface area contributed by atoms with E-state index in [1.807, 2.05) is 55.5 Å². The SMILES string of the molecule is CCC(C)CNC(=O)c1ccccc1N1CCC(NC(=O)c2ccc(C)cc2)CC1. The zero-order chi connectivity index (χ0) is 21.5. The second-order valence-electron chi connectivity index (χ2n) is 8.34. The van der Waals surface area contributed by atoms with Crippen LogP contribution in [0.25, 0.3) is 0 Å². The van der Waals surface area contributed by atoms with Crippen LogP contribution in [0.4, 0.5) is 5.69 Å². The fraction of sp³-hybridized carbons (Fsp3) is 0.440. The molecule has 2 N–H and O–H groups in total. The Balaban J connectivity index is 1.58. The van der Waals surface area contributed by atoms with Crippen molar-refractivity contribution in [3.63, 3.8) is 0 Å². The van der Waals surface area contributed by atoms with Crippen molar-refractivity contribution < 1.29 is 9.59 Å². The van der Waals surface area contributed by atoms with E-state index >= 15 is 0 Å². The van der Waals surface area contributed by atoms with Crippen LogP contribution in [0, 0.1) is 12.8 Å². The van der Waals surface area contributed by atoms with E-state index in [4.69, 9.17) is 0 Å². The Hall–Kier alpha value is -2.82. The van der Waals surface area contributed by atoms with Gasteiger partial charge in [0.15, 0.2) is 0 Å². The monoisotopic (exact) mass is 407 g/mol. The van der Waals surface area contributed by atoms with Crippen molar-refractivity contribution >= 4 is 17.5 Å². The summed E-state index contributed by atoms with van der Waals surface area (Å²) in [6.07, 6.45) is 2.77. The molecule has 2 amide bonds. The molecule has 160 valence electrons. The Morgan fingerprint density at radius 2 is 1.70 bits per heavy atom. The molecule has 0 aromatic heterocycles. The van der Waals surface area contributed by atoms with Gasteiger partial charge in [-0.25, -0.2) is 0 Å². The number of piperidine rings is 1. The molecule has 0 radical (unpaired) electrons. The summed E-state index contributed by atoms with van der Waals surface area (Å²) in [5.74, 6) is 0.438. The van der Waals surface area contributed by atoms with Gasteiger partial charge in [-0.1, -0.05) is 50.1 Å². The van der Waals surface area contributed by atoms with Gasteiger partial charge in [0.2, 0.25) is 0 Å². The topological polar surface area (TPSA) is 61.4 Å². The molecular formula is C25H33N3O2. The summed E-state index contributed by atoms with van der Waals surface area (Å²) in [6.45, 7) is 8.61. The third-order valence-corrected chi connectivity index (χ3v) is 5.94. The largest absolute Gasteiger partial charge is 0.371 e. The van der Waals surface area contributed by atoms with Crippen molar-refractivity contribution in [2.24, 2.45) is 5.92 Å². The van der Waals surface area contributed by atoms with Crippen LogP contribution in [0.2, 0.25) is 0 Å². The average molecular weight is 408 g/mol. The molecule has 3 rings (SSSR count). The summed E-state index contributed by atoms with van der Waals surface area (Å²) in [4.78, 5) is 27.5. The zero-order valence-electron chi connectivity index (χ0n) is 18.3. The van der Waals surface area contributed by atoms with E-state index in [9.17, 15) is 9.59 Å². The van der Waals surface area contributed by atoms with Gasteiger partial charge in [0.1, 0.15) is 0 Å². The number of hydrogen-bond acceptors (Lipinski definition) is 3. The highest BCUT2D eigenvalue weighted by molar-refractivity contribution is 5.99. The quantitative estimate of drug-likeness (QED) is 0.724. The number of rotatable bonds is 7. The molecule has 1 saturated heterocycles. The van der Waals surface area contributed by atoms with Gasteiger partial charge < -0.3 is 15.5 Å².